The molecule has 0 radical (unpaired) electrons. The first-order chi connectivity index (χ1) is 8.58. The smallest absolute Gasteiger partial charge is 0.371 e. The Labute approximate surface area is 106 Å². The standard InChI is InChI=1S/C13H16N2O3/c1-4-5-10-6-8-11(9-7-10)12(16)18-13(17)15(3)14-2/h4-9,14H,1-3H3. The SMILES string of the molecule is CC=Cc1ccc(C(=O)OC(=O)N(C)NC)cc1. The van der Waals surface area contributed by atoms with Gasteiger partial charge in [0.05, 0.1) is 5.56 Å². The Bertz CT molecular complexity index is 452. The van der Waals surface area contributed by atoms with Crippen molar-refractivity contribution in [3.05, 3.63) is 41.5 Å². The van der Waals surface area contributed by atoms with Gasteiger partial charge in [-0.3, -0.25) is 0 Å². The molecule has 1 aromatic carbocycles. The van der Waals surface area contributed by atoms with Crippen molar-refractivity contribution < 1.29 is 14.3 Å². The van der Waals surface area contributed by atoms with E-state index in [0.717, 1.165) is 10.6 Å². The zero-order valence-electron chi connectivity index (χ0n) is 10.6. The monoisotopic (exact) mass is 248 g/mol. The van der Waals surface area contributed by atoms with Crippen molar-refractivity contribution in [2.45, 2.75) is 6.92 Å². The van der Waals surface area contributed by atoms with Gasteiger partial charge in [0.2, 0.25) is 0 Å². The number of allylic oxidation sites excluding steroid dienone is 1. The van der Waals surface area contributed by atoms with Gasteiger partial charge in [0.1, 0.15) is 0 Å². The number of hydrogen-bond acceptors (Lipinski definition) is 4. The van der Waals surface area contributed by atoms with Gasteiger partial charge < -0.3 is 4.74 Å². The molecule has 0 atom stereocenters. The molecule has 0 saturated heterocycles. The highest BCUT2D eigenvalue weighted by Crippen LogP contribution is 2.08. The highest BCUT2D eigenvalue weighted by Gasteiger charge is 2.15. The zero-order valence-corrected chi connectivity index (χ0v) is 10.6. The van der Waals surface area contributed by atoms with Crippen LogP contribution in [0.3, 0.4) is 0 Å². The van der Waals surface area contributed by atoms with Crippen LogP contribution in [0.2, 0.25) is 0 Å². The first-order valence-electron chi connectivity index (χ1n) is 5.48. The topological polar surface area (TPSA) is 58.6 Å². The maximum Gasteiger partial charge on any atom is 0.431 e. The molecule has 1 N–H and O–H groups in total. The molecule has 0 aliphatic rings. The molecule has 1 rings (SSSR count). The van der Waals surface area contributed by atoms with Crippen molar-refractivity contribution in [3.8, 4) is 0 Å². The number of carbonyl (C=O) groups is 2. The van der Waals surface area contributed by atoms with Gasteiger partial charge in [-0.05, 0) is 24.6 Å². The van der Waals surface area contributed by atoms with Crippen LogP contribution < -0.4 is 5.43 Å². The highest BCUT2D eigenvalue weighted by atomic mass is 16.6. The fraction of sp³-hybridized carbons (Fsp3) is 0.231. The number of nitrogens with one attached hydrogen (secondary N) is 1. The first kappa shape index (κ1) is 13.9. The Balaban J connectivity index is 2.70. The van der Waals surface area contributed by atoms with Gasteiger partial charge in [-0.1, -0.05) is 24.3 Å². The van der Waals surface area contributed by atoms with Gasteiger partial charge in [0.15, 0.2) is 0 Å². The quantitative estimate of drug-likeness (QED) is 0.505. The minimum Gasteiger partial charge on any atom is -0.371 e. The van der Waals surface area contributed by atoms with Crippen LogP contribution in [0.4, 0.5) is 4.79 Å². The molecule has 0 saturated carbocycles. The van der Waals surface area contributed by atoms with Crippen molar-refractivity contribution in [2.24, 2.45) is 0 Å². The van der Waals surface area contributed by atoms with Gasteiger partial charge in [0, 0.05) is 14.1 Å². The van der Waals surface area contributed by atoms with E-state index in [2.05, 4.69) is 10.2 Å². The van der Waals surface area contributed by atoms with Crippen LogP contribution >= 0.6 is 0 Å². The minimum absolute atomic E-state index is 0.334. The molecular weight excluding hydrogens is 232 g/mol. The van der Waals surface area contributed by atoms with E-state index in [0.29, 0.717) is 5.56 Å². The van der Waals surface area contributed by atoms with Gasteiger partial charge in [-0.25, -0.2) is 20.0 Å². The second-order valence-corrected chi connectivity index (χ2v) is 3.56. The minimum atomic E-state index is -0.750. The lowest BCUT2D eigenvalue weighted by Crippen LogP contribution is -2.38. The largest absolute Gasteiger partial charge is 0.431 e. The molecule has 0 unspecified atom stereocenters. The third-order valence-electron chi connectivity index (χ3n) is 2.29. The number of carbonyl (C=O) groups excluding carboxylic acids is 2. The molecule has 1 amide bonds. The van der Waals surface area contributed by atoms with E-state index in [1.807, 2.05) is 19.1 Å². The Morgan fingerprint density at radius 2 is 1.89 bits per heavy atom. The molecule has 0 spiro atoms. The molecule has 18 heavy (non-hydrogen) atoms. The van der Waals surface area contributed by atoms with Crippen molar-refractivity contribution in [2.75, 3.05) is 14.1 Å². The average molecular weight is 248 g/mol. The van der Waals surface area contributed by atoms with E-state index in [1.54, 1.807) is 31.3 Å². The van der Waals surface area contributed by atoms with Gasteiger partial charge in [0.25, 0.3) is 0 Å². The number of hydrogen-bond donors (Lipinski definition) is 1. The lowest BCUT2D eigenvalue weighted by Gasteiger charge is -2.13. The summed E-state index contributed by atoms with van der Waals surface area (Å²) in [6.45, 7) is 1.91. The van der Waals surface area contributed by atoms with E-state index in [-0.39, 0.29) is 0 Å². The molecule has 1 aromatic rings. The van der Waals surface area contributed by atoms with Crippen molar-refractivity contribution in [3.63, 3.8) is 0 Å². The molecule has 5 nitrogen and oxygen atoms in total. The Kier molecular flexibility index (Phi) is 5.07. The normalized spacial score (nSPS) is 10.4. The number of amides is 1. The van der Waals surface area contributed by atoms with E-state index < -0.39 is 12.1 Å². The maximum absolute atomic E-state index is 11.6. The Morgan fingerprint density at radius 3 is 2.39 bits per heavy atom. The van der Waals surface area contributed by atoms with Crippen LogP contribution in [-0.4, -0.2) is 31.2 Å². The summed E-state index contributed by atoms with van der Waals surface area (Å²) in [7, 11) is 3.02. The molecule has 0 heterocycles. The van der Waals surface area contributed by atoms with Crippen LogP contribution in [0.1, 0.15) is 22.8 Å². The van der Waals surface area contributed by atoms with E-state index >= 15 is 0 Å². The number of nitrogens with zero attached hydrogens (tertiary/aromatic N) is 1. The van der Waals surface area contributed by atoms with E-state index in [1.165, 1.54) is 7.05 Å². The zero-order chi connectivity index (χ0) is 13.5. The molecular formula is C13H16N2O3. The number of esters is 1. The summed E-state index contributed by atoms with van der Waals surface area (Å²) in [5.41, 5.74) is 3.86. The van der Waals surface area contributed by atoms with Crippen LogP contribution in [0.5, 0.6) is 0 Å². The van der Waals surface area contributed by atoms with Crippen molar-refractivity contribution in [1.29, 1.82) is 0 Å². The summed E-state index contributed by atoms with van der Waals surface area (Å²) in [6.07, 6.45) is 3.06. The molecule has 0 aliphatic carbocycles. The molecule has 96 valence electrons. The summed E-state index contributed by atoms with van der Waals surface area (Å²) < 4.78 is 4.66. The summed E-state index contributed by atoms with van der Waals surface area (Å²) >= 11 is 0. The Hall–Kier alpha value is -2.14. The highest BCUT2D eigenvalue weighted by molar-refractivity contribution is 5.96. The molecule has 0 aliphatic heterocycles. The third-order valence-corrected chi connectivity index (χ3v) is 2.29. The number of benzene rings is 1. The molecule has 0 bridgehead atoms. The average Bonchev–Trinajstić information content (AvgIpc) is 2.38. The van der Waals surface area contributed by atoms with Crippen LogP contribution in [-0.2, 0) is 4.74 Å². The number of hydrazine groups is 1. The molecule has 5 heteroatoms. The van der Waals surface area contributed by atoms with Gasteiger partial charge in [-0.15, -0.1) is 0 Å². The number of ether oxygens (including phenoxy) is 1. The van der Waals surface area contributed by atoms with Crippen LogP contribution in [0.15, 0.2) is 30.3 Å². The van der Waals surface area contributed by atoms with Crippen molar-refractivity contribution in [1.82, 2.24) is 10.4 Å². The molecule has 0 fully saturated rings. The second-order valence-electron chi connectivity index (χ2n) is 3.56. The fourth-order valence-corrected chi connectivity index (χ4v) is 1.22. The predicted octanol–water partition coefficient (Wildman–Crippen LogP) is 2.06. The summed E-state index contributed by atoms with van der Waals surface area (Å²) in [5, 5.41) is 1.08. The second kappa shape index (κ2) is 6.56. The van der Waals surface area contributed by atoms with Crippen LogP contribution in [0.25, 0.3) is 6.08 Å². The third kappa shape index (κ3) is 3.71. The van der Waals surface area contributed by atoms with Gasteiger partial charge in [-0.2, -0.15) is 0 Å². The lowest BCUT2D eigenvalue weighted by molar-refractivity contribution is 0.0531. The maximum atomic E-state index is 11.6. The fourth-order valence-electron chi connectivity index (χ4n) is 1.22. The first-order valence-corrected chi connectivity index (χ1v) is 5.48. The lowest BCUT2D eigenvalue weighted by atomic mass is 10.1. The predicted molar refractivity (Wildman–Crippen MR) is 68.8 cm³/mol. The Morgan fingerprint density at radius 1 is 1.28 bits per heavy atom. The van der Waals surface area contributed by atoms with Crippen molar-refractivity contribution >= 4 is 18.1 Å². The number of rotatable bonds is 3. The summed E-state index contributed by atoms with van der Waals surface area (Å²) in [5.74, 6) is -0.672. The summed E-state index contributed by atoms with van der Waals surface area (Å²) in [6, 6.07) is 6.79. The van der Waals surface area contributed by atoms with Crippen LogP contribution in [0, 0.1) is 0 Å². The van der Waals surface area contributed by atoms with Gasteiger partial charge >= 0.3 is 12.1 Å². The summed E-state index contributed by atoms with van der Waals surface area (Å²) in [4.78, 5) is 23.0. The van der Waals surface area contributed by atoms with E-state index in [4.69, 9.17) is 0 Å². The molecule has 0 aromatic heterocycles. The van der Waals surface area contributed by atoms with E-state index in [9.17, 15) is 9.59 Å².